The molecule has 0 bridgehead atoms. The lowest BCUT2D eigenvalue weighted by atomic mass is 9.74. The fourth-order valence-electron chi connectivity index (χ4n) is 4.06. The van der Waals surface area contributed by atoms with Gasteiger partial charge < -0.3 is 5.32 Å². The molecule has 1 aliphatic heterocycles. The van der Waals surface area contributed by atoms with Gasteiger partial charge in [-0.25, -0.2) is 0 Å². The lowest BCUT2D eigenvalue weighted by Gasteiger charge is -2.32. The van der Waals surface area contributed by atoms with E-state index in [2.05, 4.69) is 51.2 Å². The maximum atomic E-state index is 3.77. The van der Waals surface area contributed by atoms with Crippen LogP contribution in [0.15, 0.2) is 18.2 Å². The fraction of sp³-hybridized carbons (Fsp3) is 0.600. The summed E-state index contributed by atoms with van der Waals surface area (Å²) in [6, 6.07) is 7.26. The van der Waals surface area contributed by atoms with Gasteiger partial charge in [0.1, 0.15) is 0 Å². The monoisotopic (exact) mass is 215 g/mol. The van der Waals surface area contributed by atoms with Crippen molar-refractivity contribution in [3.05, 3.63) is 29.3 Å². The van der Waals surface area contributed by atoms with Gasteiger partial charge in [-0.05, 0) is 42.4 Å². The molecule has 2 aliphatic rings. The number of anilines is 1. The van der Waals surface area contributed by atoms with E-state index in [1.807, 2.05) is 0 Å². The summed E-state index contributed by atoms with van der Waals surface area (Å²) < 4.78 is 0. The molecule has 1 aromatic rings. The molecule has 3 rings (SSSR count). The Morgan fingerprint density at radius 2 is 1.94 bits per heavy atom. The third-order valence-corrected chi connectivity index (χ3v) is 4.85. The highest BCUT2D eigenvalue weighted by atomic mass is 15.0. The molecule has 0 unspecified atom stereocenters. The van der Waals surface area contributed by atoms with Crippen molar-refractivity contribution in [2.24, 2.45) is 5.41 Å². The highest BCUT2D eigenvalue weighted by Crippen LogP contribution is 2.57. The van der Waals surface area contributed by atoms with Crippen LogP contribution in [0.5, 0.6) is 0 Å². The maximum absolute atomic E-state index is 3.77. The minimum absolute atomic E-state index is 0.351. The molecule has 1 aliphatic carbocycles. The Morgan fingerprint density at radius 1 is 1.19 bits per heavy atom. The van der Waals surface area contributed by atoms with Gasteiger partial charge in [0.05, 0.1) is 0 Å². The molecule has 1 heteroatoms. The van der Waals surface area contributed by atoms with Gasteiger partial charge in [-0.1, -0.05) is 32.9 Å². The maximum Gasteiger partial charge on any atom is 0.0407 e. The van der Waals surface area contributed by atoms with E-state index in [9.17, 15) is 0 Å². The molecule has 1 heterocycles. The normalized spacial score (nSPS) is 34.4. The van der Waals surface area contributed by atoms with Crippen LogP contribution in [0.1, 0.15) is 44.7 Å². The van der Waals surface area contributed by atoms with Gasteiger partial charge in [0.15, 0.2) is 0 Å². The van der Waals surface area contributed by atoms with Gasteiger partial charge in [-0.2, -0.15) is 0 Å². The van der Waals surface area contributed by atoms with Crippen molar-refractivity contribution in [2.45, 2.75) is 52.0 Å². The number of benzene rings is 1. The zero-order valence-electron chi connectivity index (χ0n) is 10.7. The molecule has 0 radical (unpaired) electrons. The standard InChI is InChI=1S/C15H21N/c1-10-6-5-7-11-12(10)15(4)9-8-14(2,3)13(15)16-11/h5-7,13,16H,8-9H2,1-4H3/t13-,15-/m1/s1. The van der Waals surface area contributed by atoms with E-state index in [1.165, 1.54) is 24.1 Å². The second-order valence-electron chi connectivity index (χ2n) is 6.48. The summed E-state index contributed by atoms with van der Waals surface area (Å²) in [5.41, 5.74) is 5.17. The van der Waals surface area contributed by atoms with E-state index in [4.69, 9.17) is 0 Å². The zero-order valence-corrected chi connectivity index (χ0v) is 10.7. The van der Waals surface area contributed by atoms with E-state index >= 15 is 0 Å². The molecular formula is C15H21N. The van der Waals surface area contributed by atoms with E-state index in [0.717, 1.165) is 0 Å². The molecule has 0 spiro atoms. The summed E-state index contributed by atoms with van der Waals surface area (Å²) in [7, 11) is 0. The minimum Gasteiger partial charge on any atom is -0.381 e. The molecule has 86 valence electrons. The lowest BCUT2D eigenvalue weighted by molar-refractivity contribution is 0.317. The Hall–Kier alpha value is -0.980. The van der Waals surface area contributed by atoms with Crippen LogP contribution in [-0.4, -0.2) is 6.04 Å². The summed E-state index contributed by atoms with van der Waals surface area (Å²) >= 11 is 0. The van der Waals surface area contributed by atoms with Crippen LogP contribution in [-0.2, 0) is 5.41 Å². The minimum atomic E-state index is 0.351. The molecule has 1 N–H and O–H groups in total. The number of hydrogen-bond acceptors (Lipinski definition) is 1. The quantitative estimate of drug-likeness (QED) is 0.693. The Bertz CT molecular complexity index is 447. The molecule has 0 amide bonds. The van der Waals surface area contributed by atoms with Gasteiger partial charge in [0, 0.05) is 17.1 Å². The van der Waals surface area contributed by atoms with E-state index in [1.54, 1.807) is 5.56 Å². The highest BCUT2D eigenvalue weighted by Gasteiger charge is 2.55. The van der Waals surface area contributed by atoms with E-state index in [-0.39, 0.29) is 0 Å². The van der Waals surface area contributed by atoms with Crippen molar-refractivity contribution in [1.29, 1.82) is 0 Å². The predicted molar refractivity (Wildman–Crippen MR) is 69.0 cm³/mol. The summed E-state index contributed by atoms with van der Waals surface area (Å²) in [6.07, 6.45) is 2.64. The Morgan fingerprint density at radius 3 is 2.69 bits per heavy atom. The largest absolute Gasteiger partial charge is 0.381 e. The number of nitrogens with one attached hydrogen (secondary N) is 1. The highest BCUT2D eigenvalue weighted by molar-refractivity contribution is 5.65. The molecule has 1 nitrogen and oxygen atoms in total. The van der Waals surface area contributed by atoms with Crippen molar-refractivity contribution in [3.8, 4) is 0 Å². The number of fused-ring (bicyclic) bond motifs is 3. The van der Waals surface area contributed by atoms with Crippen LogP contribution < -0.4 is 5.32 Å². The molecule has 1 fully saturated rings. The topological polar surface area (TPSA) is 12.0 Å². The lowest BCUT2D eigenvalue weighted by Crippen LogP contribution is -2.39. The SMILES string of the molecule is Cc1cccc2c1[C@@]1(C)CCC(C)(C)[C@H]1N2. The van der Waals surface area contributed by atoms with Crippen LogP contribution in [0.3, 0.4) is 0 Å². The molecule has 2 atom stereocenters. The molecule has 0 saturated heterocycles. The van der Waals surface area contributed by atoms with E-state index in [0.29, 0.717) is 16.9 Å². The average Bonchev–Trinajstić information content (AvgIpc) is 2.62. The third kappa shape index (κ3) is 1.07. The van der Waals surface area contributed by atoms with Crippen LogP contribution >= 0.6 is 0 Å². The summed E-state index contributed by atoms with van der Waals surface area (Å²) in [4.78, 5) is 0. The van der Waals surface area contributed by atoms with Crippen molar-refractivity contribution < 1.29 is 0 Å². The van der Waals surface area contributed by atoms with Gasteiger partial charge >= 0.3 is 0 Å². The van der Waals surface area contributed by atoms with Crippen molar-refractivity contribution in [1.82, 2.24) is 0 Å². The van der Waals surface area contributed by atoms with Gasteiger partial charge in [-0.15, -0.1) is 0 Å². The average molecular weight is 215 g/mol. The first-order valence-corrected chi connectivity index (χ1v) is 6.32. The van der Waals surface area contributed by atoms with Crippen LogP contribution in [0.25, 0.3) is 0 Å². The number of rotatable bonds is 0. The van der Waals surface area contributed by atoms with Gasteiger partial charge in [0.2, 0.25) is 0 Å². The van der Waals surface area contributed by atoms with Crippen LogP contribution in [0, 0.1) is 12.3 Å². The van der Waals surface area contributed by atoms with Crippen LogP contribution in [0.2, 0.25) is 0 Å². The predicted octanol–water partition coefficient (Wildman–Crippen LogP) is 3.87. The Balaban J connectivity index is 2.19. The summed E-state index contributed by atoms with van der Waals surface area (Å²) in [5.74, 6) is 0. The number of hydrogen-bond donors (Lipinski definition) is 1. The second-order valence-corrected chi connectivity index (χ2v) is 6.48. The van der Waals surface area contributed by atoms with Crippen LogP contribution in [0.4, 0.5) is 5.69 Å². The summed E-state index contributed by atoms with van der Waals surface area (Å²) in [6.45, 7) is 9.49. The Kier molecular flexibility index (Phi) is 1.80. The molecule has 1 saturated carbocycles. The van der Waals surface area contributed by atoms with E-state index < -0.39 is 0 Å². The smallest absolute Gasteiger partial charge is 0.0407 e. The second kappa shape index (κ2) is 2.82. The van der Waals surface area contributed by atoms with Crippen molar-refractivity contribution in [3.63, 3.8) is 0 Å². The molecule has 1 aromatic carbocycles. The molecule has 0 aromatic heterocycles. The first-order valence-electron chi connectivity index (χ1n) is 6.32. The third-order valence-electron chi connectivity index (χ3n) is 4.85. The first kappa shape index (κ1) is 10.2. The Labute approximate surface area is 98.3 Å². The zero-order chi connectivity index (χ0) is 11.6. The van der Waals surface area contributed by atoms with Gasteiger partial charge in [-0.3, -0.25) is 0 Å². The molecule has 16 heavy (non-hydrogen) atoms. The van der Waals surface area contributed by atoms with Gasteiger partial charge in [0.25, 0.3) is 0 Å². The first-order chi connectivity index (χ1) is 7.45. The number of aryl methyl sites for hydroxylation is 1. The molecular weight excluding hydrogens is 194 g/mol. The van der Waals surface area contributed by atoms with Crippen molar-refractivity contribution >= 4 is 5.69 Å². The fourth-order valence-corrected chi connectivity index (χ4v) is 4.06. The van der Waals surface area contributed by atoms with Crippen molar-refractivity contribution in [2.75, 3.05) is 5.32 Å². The summed E-state index contributed by atoms with van der Waals surface area (Å²) in [5, 5.41) is 3.77.